The first-order valence-corrected chi connectivity index (χ1v) is 4.91. The largest absolute Gasteiger partial charge is 0.492 e. The summed E-state index contributed by atoms with van der Waals surface area (Å²) in [6, 6.07) is 9.78. The van der Waals surface area contributed by atoms with E-state index in [-0.39, 0.29) is 0 Å². The van der Waals surface area contributed by atoms with Crippen molar-refractivity contribution in [3.8, 4) is 5.75 Å². The number of halogens is 1. The van der Waals surface area contributed by atoms with E-state index in [9.17, 15) is 0 Å². The van der Waals surface area contributed by atoms with E-state index in [1.54, 1.807) is 0 Å². The molecule has 1 aromatic carbocycles. The van der Waals surface area contributed by atoms with E-state index in [0.717, 1.165) is 18.8 Å². The lowest BCUT2D eigenvalue weighted by Gasteiger charge is -2.05. The van der Waals surface area contributed by atoms with E-state index >= 15 is 0 Å². The third kappa shape index (κ3) is 4.76. The molecule has 0 radical (unpaired) electrons. The normalized spacial score (nSPS) is 9.92. The van der Waals surface area contributed by atoms with Crippen molar-refractivity contribution in [3.63, 3.8) is 0 Å². The van der Waals surface area contributed by atoms with Crippen molar-refractivity contribution in [2.75, 3.05) is 25.6 Å². The molecule has 0 amide bonds. The van der Waals surface area contributed by atoms with Crippen LogP contribution in [0.4, 0.5) is 0 Å². The summed E-state index contributed by atoms with van der Waals surface area (Å²) in [6.07, 6.45) is 0. The Morgan fingerprint density at radius 1 is 1.15 bits per heavy atom. The topological polar surface area (TPSA) is 21.3 Å². The monoisotopic (exact) mass is 199 g/mol. The van der Waals surface area contributed by atoms with Gasteiger partial charge in [-0.3, -0.25) is 0 Å². The van der Waals surface area contributed by atoms with Crippen molar-refractivity contribution < 1.29 is 4.74 Å². The minimum atomic E-state index is 0.644. The highest BCUT2D eigenvalue weighted by Gasteiger charge is 1.90. The molecule has 0 atom stereocenters. The smallest absolute Gasteiger partial charge is 0.119 e. The Labute approximate surface area is 83.9 Å². The van der Waals surface area contributed by atoms with E-state index in [1.165, 1.54) is 0 Å². The van der Waals surface area contributed by atoms with E-state index in [0.29, 0.717) is 12.5 Å². The molecule has 0 aliphatic heterocycles. The van der Waals surface area contributed by atoms with Gasteiger partial charge in [0.1, 0.15) is 12.4 Å². The lowest BCUT2D eigenvalue weighted by molar-refractivity contribution is 0.315. The first-order chi connectivity index (χ1) is 6.43. The molecular weight excluding hydrogens is 186 g/mol. The minimum Gasteiger partial charge on any atom is -0.492 e. The molecule has 13 heavy (non-hydrogen) atoms. The Kier molecular flexibility index (Phi) is 5.38. The van der Waals surface area contributed by atoms with Gasteiger partial charge in [-0.15, -0.1) is 11.6 Å². The van der Waals surface area contributed by atoms with Crippen LogP contribution in [0.15, 0.2) is 30.3 Å². The van der Waals surface area contributed by atoms with E-state index < -0.39 is 0 Å². The van der Waals surface area contributed by atoms with Gasteiger partial charge in [0.25, 0.3) is 0 Å². The Balaban J connectivity index is 2.07. The van der Waals surface area contributed by atoms with Crippen LogP contribution in [0.2, 0.25) is 0 Å². The molecule has 72 valence electrons. The third-order valence-corrected chi connectivity index (χ3v) is 1.75. The van der Waals surface area contributed by atoms with Crippen LogP contribution in [0.5, 0.6) is 5.75 Å². The van der Waals surface area contributed by atoms with Gasteiger partial charge in [-0.25, -0.2) is 0 Å². The number of benzene rings is 1. The van der Waals surface area contributed by atoms with Crippen molar-refractivity contribution >= 4 is 11.6 Å². The SMILES string of the molecule is ClCCNCCOc1ccccc1. The van der Waals surface area contributed by atoms with Gasteiger partial charge in [-0.1, -0.05) is 18.2 Å². The molecule has 3 heteroatoms. The average molecular weight is 200 g/mol. The molecule has 1 rings (SSSR count). The Bertz CT molecular complexity index is 215. The highest BCUT2D eigenvalue weighted by atomic mass is 35.5. The first-order valence-electron chi connectivity index (χ1n) is 4.38. The number of ether oxygens (including phenoxy) is 1. The lowest BCUT2D eigenvalue weighted by Crippen LogP contribution is -2.22. The molecule has 0 fully saturated rings. The van der Waals surface area contributed by atoms with Crippen molar-refractivity contribution in [2.24, 2.45) is 0 Å². The predicted molar refractivity (Wildman–Crippen MR) is 55.5 cm³/mol. The molecule has 1 N–H and O–H groups in total. The third-order valence-electron chi connectivity index (χ3n) is 1.56. The van der Waals surface area contributed by atoms with Gasteiger partial charge in [0, 0.05) is 19.0 Å². The standard InChI is InChI=1S/C10H14ClNO/c11-6-7-12-8-9-13-10-4-2-1-3-5-10/h1-5,12H,6-9H2. The van der Waals surface area contributed by atoms with Crippen molar-refractivity contribution in [2.45, 2.75) is 0 Å². The molecule has 0 aliphatic carbocycles. The maximum absolute atomic E-state index is 5.49. The predicted octanol–water partition coefficient (Wildman–Crippen LogP) is 1.89. The van der Waals surface area contributed by atoms with E-state index in [1.807, 2.05) is 30.3 Å². The Morgan fingerprint density at radius 3 is 2.62 bits per heavy atom. The molecular formula is C10H14ClNO. The molecule has 0 saturated heterocycles. The van der Waals surface area contributed by atoms with Crippen LogP contribution in [0.3, 0.4) is 0 Å². The van der Waals surface area contributed by atoms with Crippen LogP contribution >= 0.6 is 11.6 Å². The maximum Gasteiger partial charge on any atom is 0.119 e. The van der Waals surface area contributed by atoms with Gasteiger partial charge in [0.15, 0.2) is 0 Å². The van der Waals surface area contributed by atoms with E-state index in [4.69, 9.17) is 16.3 Å². The van der Waals surface area contributed by atoms with Crippen LogP contribution in [0.25, 0.3) is 0 Å². The molecule has 0 aliphatic rings. The fourth-order valence-corrected chi connectivity index (χ4v) is 1.08. The van der Waals surface area contributed by atoms with Gasteiger partial charge in [0.05, 0.1) is 0 Å². The second kappa shape index (κ2) is 6.75. The van der Waals surface area contributed by atoms with Gasteiger partial charge in [-0.2, -0.15) is 0 Å². The molecule has 2 nitrogen and oxygen atoms in total. The van der Waals surface area contributed by atoms with Crippen LogP contribution in [-0.4, -0.2) is 25.6 Å². The average Bonchev–Trinajstić information content (AvgIpc) is 2.19. The molecule has 0 heterocycles. The van der Waals surface area contributed by atoms with Gasteiger partial charge >= 0.3 is 0 Å². The number of hydrogen-bond acceptors (Lipinski definition) is 2. The highest BCUT2D eigenvalue weighted by molar-refractivity contribution is 6.18. The van der Waals surface area contributed by atoms with Gasteiger partial charge < -0.3 is 10.1 Å². The molecule has 0 unspecified atom stereocenters. The fourth-order valence-electron chi connectivity index (χ4n) is 0.950. The summed E-state index contributed by atoms with van der Waals surface area (Å²) in [5.74, 6) is 1.56. The Hall–Kier alpha value is -0.730. The first kappa shape index (κ1) is 10.4. The fraction of sp³-hybridized carbons (Fsp3) is 0.400. The van der Waals surface area contributed by atoms with Crippen LogP contribution in [0, 0.1) is 0 Å². The molecule has 0 spiro atoms. The number of para-hydroxylation sites is 1. The van der Waals surface area contributed by atoms with Crippen LogP contribution < -0.4 is 10.1 Å². The number of rotatable bonds is 6. The number of nitrogens with one attached hydrogen (secondary N) is 1. The van der Waals surface area contributed by atoms with Gasteiger partial charge in [-0.05, 0) is 12.1 Å². The molecule has 0 aromatic heterocycles. The molecule has 0 saturated carbocycles. The second-order valence-corrected chi connectivity index (χ2v) is 2.98. The molecule has 1 aromatic rings. The van der Waals surface area contributed by atoms with Crippen LogP contribution in [0.1, 0.15) is 0 Å². The molecule has 0 bridgehead atoms. The Morgan fingerprint density at radius 2 is 1.92 bits per heavy atom. The summed E-state index contributed by atoms with van der Waals surface area (Å²) in [6.45, 7) is 2.35. The number of hydrogen-bond donors (Lipinski definition) is 1. The summed E-state index contributed by atoms with van der Waals surface area (Å²) in [4.78, 5) is 0. The highest BCUT2D eigenvalue weighted by Crippen LogP contribution is 2.07. The number of alkyl halides is 1. The summed E-state index contributed by atoms with van der Waals surface area (Å²) < 4.78 is 5.45. The lowest BCUT2D eigenvalue weighted by atomic mass is 10.3. The van der Waals surface area contributed by atoms with Crippen molar-refractivity contribution in [3.05, 3.63) is 30.3 Å². The zero-order chi connectivity index (χ0) is 9.36. The second-order valence-electron chi connectivity index (χ2n) is 2.60. The summed E-state index contributed by atoms with van der Waals surface area (Å²) >= 11 is 5.49. The van der Waals surface area contributed by atoms with Crippen molar-refractivity contribution in [1.82, 2.24) is 5.32 Å². The van der Waals surface area contributed by atoms with E-state index in [2.05, 4.69) is 5.32 Å². The van der Waals surface area contributed by atoms with Crippen molar-refractivity contribution in [1.29, 1.82) is 0 Å². The summed E-state index contributed by atoms with van der Waals surface area (Å²) in [5, 5.41) is 3.15. The zero-order valence-corrected chi connectivity index (χ0v) is 8.26. The van der Waals surface area contributed by atoms with Crippen LogP contribution in [-0.2, 0) is 0 Å². The minimum absolute atomic E-state index is 0.644. The van der Waals surface area contributed by atoms with Gasteiger partial charge in [0.2, 0.25) is 0 Å². The summed E-state index contributed by atoms with van der Waals surface area (Å²) in [7, 11) is 0. The maximum atomic E-state index is 5.49. The quantitative estimate of drug-likeness (QED) is 0.558. The zero-order valence-electron chi connectivity index (χ0n) is 7.50. The summed E-state index contributed by atoms with van der Waals surface area (Å²) in [5.41, 5.74) is 0.